The maximum Gasteiger partial charge on any atom is 0.305 e. The van der Waals surface area contributed by atoms with Crippen LogP contribution in [0.5, 0.6) is 0 Å². The van der Waals surface area contributed by atoms with Crippen molar-refractivity contribution < 1.29 is 19.4 Å². The molecule has 0 N–H and O–H groups in total. The second-order valence-corrected chi connectivity index (χ2v) is 7.37. The van der Waals surface area contributed by atoms with Crippen molar-refractivity contribution in [2.45, 2.75) is 0 Å². The number of hydrogen-bond acceptors (Lipinski definition) is 1. The highest BCUT2D eigenvalue weighted by Crippen LogP contribution is 2.99. The lowest BCUT2D eigenvalue weighted by molar-refractivity contribution is 0.385. The van der Waals surface area contributed by atoms with Gasteiger partial charge in [0.1, 0.15) is 0 Å². The Hall–Kier alpha value is 0.400. The molecule has 0 spiro atoms. The molecule has 0 bridgehead atoms. The van der Waals surface area contributed by atoms with Crippen LogP contribution in [0.3, 0.4) is 0 Å². The lowest BCUT2D eigenvalue weighted by Crippen LogP contribution is -2.00. The summed E-state index contributed by atoms with van der Waals surface area (Å²) in [6, 6.07) is 0. The van der Waals surface area contributed by atoms with Crippen LogP contribution in [-0.4, -0.2) is 0 Å². The second kappa shape index (κ2) is 3.21. The molecule has 15 heavy (non-hydrogen) atoms. The van der Waals surface area contributed by atoms with Crippen molar-refractivity contribution in [3.05, 3.63) is 26.2 Å². The zero-order valence-corrected chi connectivity index (χ0v) is 11.5. The van der Waals surface area contributed by atoms with Crippen molar-refractivity contribution in [1.29, 1.82) is 0 Å². The van der Waals surface area contributed by atoms with Gasteiger partial charge in [-0.05, 0) is 31.9 Å². The minimum absolute atomic E-state index is 0.0493. The van der Waals surface area contributed by atoms with Gasteiger partial charge in [-0.1, -0.05) is 19.4 Å². The smallest absolute Gasteiger partial charge is 0.151 e. The summed E-state index contributed by atoms with van der Waals surface area (Å²) in [5.41, 5.74) is 0.0493. The third-order valence-corrected chi connectivity index (χ3v) is 4.54. The lowest BCUT2D eigenvalue weighted by atomic mass is 10.3. The Labute approximate surface area is 103 Å². The van der Waals surface area contributed by atoms with E-state index in [1.54, 1.807) is 0 Å². The normalized spacial score (nSPS) is 18.5. The molecule has 0 aliphatic rings. The van der Waals surface area contributed by atoms with Gasteiger partial charge in [0.2, 0.25) is 0 Å². The molecule has 0 unspecified atom stereocenters. The van der Waals surface area contributed by atoms with Gasteiger partial charge in [0.05, 0.1) is 5.41 Å². The van der Waals surface area contributed by atoms with E-state index in [1.165, 1.54) is 10.8 Å². The SMILES string of the molecule is FS(F)(F)(F)(F)/C=C(\Br)c1cscc1Br. The van der Waals surface area contributed by atoms with Gasteiger partial charge in [-0.15, -0.1) is 0 Å². The Morgan fingerprint density at radius 3 is 2.07 bits per heavy atom. The van der Waals surface area contributed by atoms with Crippen LogP contribution in [0.25, 0.3) is 4.48 Å². The quantitative estimate of drug-likeness (QED) is 0.503. The third kappa shape index (κ3) is 4.83. The zero-order chi connectivity index (χ0) is 12.0. The summed E-state index contributed by atoms with van der Waals surface area (Å²) >= 11 is 6.54. The molecule has 0 atom stereocenters. The highest BCUT2D eigenvalue weighted by atomic mass is 79.9. The van der Waals surface area contributed by atoms with Gasteiger partial charge < -0.3 is 0 Å². The summed E-state index contributed by atoms with van der Waals surface area (Å²) in [6.07, 6.45) is 0. The maximum absolute atomic E-state index is 12.1. The highest BCUT2D eigenvalue weighted by Gasteiger charge is 2.61. The van der Waals surface area contributed by atoms with E-state index in [0.29, 0.717) is 4.47 Å². The molecule has 0 amide bonds. The number of thiophene rings is 1. The molecular formula is C6H3Br2F5S2. The van der Waals surface area contributed by atoms with Crippen molar-refractivity contribution in [2.75, 3.05) is 0 Å². The fourth-order valence-corrected chi connectivity index (χ4v) is 4.54. The predicted octanol–water partition coefficient (Wildman–Crippen LogP) is 6.50. The molecule has 0 saturated carbocycles. The van der Waals surface area contributed by atoms with Crippen molar-refractivity contribution >= 4 is 57.9 Å². The van der Waals surface area contributed by atoms with Crippen LogP contribution < -0.4 is 0 Å². The van der Waals surface area contributed by atoms with Crippen molar-refractivity contribution in [3.8, 4) is 0 Å². The molecule has 0 aliphatic heterocycles. The van der Waals surface area contributed by atoms with Gasteiger partial charge in [0, 0.05) is 25.3 Å². The molecule has 9 heteroatoms. The average molecular weight is 394 g/mol. The minimum atomic E-state index is -9.52. The standard InChI is InChI=1S/C6H3Br2F5S2/c7-5-2-14-1-4(5)6(8)3-15(9,10,11,12)13/h1-3H/b6-3-. The molecule has 0 saturated heterocycles. The predicted molar refractivity (Wildman–Crippen MR) is 62.1 cm³/mol. The van der Waals surface area contributed by atoms with Gasteiger partial charge in [0.15, 0.2) is 0 Å². The summed E-state index contributed by atoms with van der Waals surface area (Å²) in [7, 11) is -9.52. The first-order valence-corrected chi connectivity index (χ1v) is 7.77. The van der Waals surface area contributed by atoms with Crippen LogP contribution in [0.4, 0.5) is 19.4 Å². The van der Waals surface area contributed by atoms with Gasteiger partial charge >= 0.3 is 10.2 Å². The molecule has 1 aromatic rings. The Morgan fingerprint density at radius 2 is 1.73 bits per heavy atom. The average Bonchev–Trinajstić information content (AvgIpc) is 2.27. The Morgan fingerprint density at radius 1 is 1.20 bits per heavy atom. The molecule has 1 aromatic heterocycles. The van der Waals surface area contributed by atoms with Crippen LogP contribution in [0, 0.1) is 0 Å². The topological polar surface area (TPSA) is 0 Å². The minimum Gasteiger partial charge on any atom is -0.151 e. The summed E-state index contributed by atoms with van der Waals surface area (Å²) < 4.78 is 60.0. The summed E-state index contributed by atoms with van der Waals surface area (Å²) in [4.78, 5) is 0. The Balaban J connectivity index is 3.24. The fraction of sp³-hybridized carbons (Fsp3) is 0. The van der Waals surface area contributed by atoms with E-state index < -0.39 is 20.1 Å². The Bertz CT molecular complexity index is 417. The van der Waals surface area contributed by atoms with Crippen LogP contribution in [0.15, 0.2) is 20.6 Å². The summed E-state index contributed by atoms with van der Waals surface area (Å²) in [6.45, 7) is 0. The number of hydrogen-bond donors (Lipinski definition) is 0. The van der Waals surface area contributed by atoms with E-state index in [4.69, 9.17) is 0 Å². The third-order valence-electron chi connectivity index (χ3n) is 1.20. The van der Waals surface area contributed by atoms with E-state index in [0.717, 1.165) is 11.3 Å². The number of rotatable bonds is 2. The first-order chi connectivity index (χ1) is 6.38. The van der Waals surface area contributed by atoms with E-state index in [-0.39, 0.29) is 5.56 Å². The zero-order valence-electron chi connectivity index (χ0n) is 6.69. The molecule has 1 rings (SSSR count). The van der Waals surface area contributed by atoms with Crippen molar-refractivity contribution in [1.82, 2.24) is 0 Å². The molecule has 0 aromatic carbocycles. The first-order valence-electron chi connectivity index (χ1n) is 3.22. The maximum atomic E-state index is 12.1. The lowest BCUT2D eigenvalue weighted by Gasteiger charge is -2.37. The fourth-order valence-electron chi connectivity index (χ4n) is 0.711. The van der Waals surface area contributed by atoms with Crippen LogP contribution in [0.2, 0.25) is 0 Å². The monoisotopic (exact) mass is 392 g/mol. The molecule has 88 valence electrons. The molecule has 1 heterocycles. The van der Waals surface area contributed by atoms with Crippen LogP contribution >= 0.6 is 53.4 Å². The Kier molecular flexibility index (Phi) is 2.88. The molecule has 0 radical (unpaired) electrons. The molecule has 0 aliphatic carbocycles. The van der Waals surface area contributed by atoms with Crippen molar-refractivity contribution in [3.63, 3.8) is 0 Å². The van der Waals surface area contributed by atoms with Gasteiger partial charge in [-0.25, -0.2) is 0 Å². The van der Waals surface area contributed by atoms with E-state index >= 15 is 0 Å². The summed E-state index contributed by atoms with van der Waals surface area (Å²) in [5.74, 6) is 0. The van der Waals surface area contributed by atoms with E-state index in [9.17, 15) is 19.4 Å². The first kappa shape index (κ1) is 13.5. The molecular weight excluding hydrogens is 391 g/mol. The highest BCUT2D eigenvalue weighted by molar-refractivity contribution is 9.15. The molecule has 0 nitrogen and oxygen atoms in total. The van der Waals surface area contributed by atoms with Crippen molar-refractivity contribution in [2.24, 2.45) is 0 Å². The summed E-state index contributed by atoms with van der Waals surface area (Å²) in [5, 5.41) is 1.87. The second-order valence-electron chi connectivity index (χ2n) is 2.63. The van der Waals surface area contributed by atoms with Gasteiger partial charge in [-0.2, -0.15) is 11.3 Å². The number of halogens is 7. The van der Waals surface area contributed by atoms with E-state index in [1.807, 2.05) is 0 Å². The largest absolute Gasteiger partial charge is 0.305 e. The van der Waals surface area contributed by atoms with Crippen LogP contribution in [0.1, 0.15) is 5.56 Å². The van der Waals surface area contributed by atoms with Gasteiger partial charge in [-0.3, -0.25) is 0 Å². The van der Waals surface area contributed by atoms with Crippen LogP contribution in [-0.2, 0) is 0 Å². The van der Waals surface area contributed by atoms with E-state index in [2.05, 4.69) is 31.9 Å². The van der Waals surface area contributed by atoms with Gasteiger partial charge in [0.25, 0.3) is 0 Å². The molecule has 0 fully saturated rings.